The molecule has 7 heteroatoms. The van der Waals surface area contributed by atoms with Crippen LogP contribution in [0.2, 0.25) is 0 Å². The lowest BCUT2D eigenvalue weighted by Crippen LogP contribution is -2.21. The van der Waals surface area contributed by atoms with Crippen LogP contribution in [-0.4, -0.2) is 17.3 Å². The Kier molecular flexibility index (Phi) is 3.62. The summed E-state index contributed by atoms with van der Waals surface area (Å²) in [5.41, 5.74) is 10.2. The van der Waals surface area contributed by atoms with Gasteiger partial charge in [-0.1, -0.05) is 0 Å². The van der Waals surface area contributed by atoms with Crippen LogP contribution in [0.5, 0.6) is 5.75 Å². The summed E-state index contributed by atoms with van der Waals surface area (Å²) >= 11 is 3.04. The van der Waals surface area contributed by atoms with E-state index in [1.54, 1.807) is 0 Å². The van der Waals surface area contributed by atoms with Crippen molar-refractivity contribution < 1.29 is 9.50 Å². The van der Waals surface area contributed by atoms with Crippen molar-refractivity contribution in [3.05, 3.63) is 28.0 Å². The van der Waals surface area contributed by atoms with Crippen LogP contribution in [0.4, 0.5) is 4.39 Å². The fourth-order valence-corrected chi connectivity index (χ4v) is 1.17. The molecule has 0 bridgehead atoms. The minimum absolute atomic E-state index is 0.157. The van der Waals surface area contributed by atoms with Crippen molar-refractivity contribution in [2.45, 2.75) is 0 Å². The molecule has 0 spiro atoms. The number of phenols is 1. The molecule has 0 unspecified atom stereocenters. The van der Waals surface area contributed by atoms with Crippen LogP contribution in [0, 0.1) is 5.82 Å². The smallest absolute Gasteiger partial charge is 0.211 e. The summed E-state index contributed by atoms with van der Waals surface area (Å²) in [5.74, 6) is -1.03. The molecule has 0 amide bonds. The first kappa shape index (κ1) is 11.4. The number of nitrogens with two attached hydrogens (primary N) is 2. The third-order valence-corrected chi connectivity index (χ3v) is 2.07. The number of rotatable bonds is 2. The van der Waals surface area contributed by atoms with Crippen molar-refractivity contribution in [1.82, 2.24) is 0 Å². The molecule has 0 heterocycles. The highest BCUT2D eigenvalue weighted by molar-refractivity contribution is 9.10. The van der Waals surface area contributed by atoms with E-state index in [1.807, 2.05) is 0 Å². The molecule has 0 aliphatic heterocycles. The second-order valence-corrected chi connectivity index (χ2v) is 3.45. The quantitative estimate of drug-likeness (QED) is 0.425. The predicted octanol–water partition coefficient (Wildman–Crippen LogP) is 0.901. The maximum Gasteiger partial charge on any atom is 0.211 e. The van der Waals surface area contributed by atoms with E-state index in [0.29, 0.717) is 4.47 Å². The Labute approximate surface area is 93.4 Å². The first-order valence-corrected chi connectivity index (χ1v) is 4.60. The average Bonchev–Trinajstić information content (AvgIpc) is 2.13. The van der Waals surface area contributed by atoms with Gasteiger partial charge in [0.2, 0.25) is 5.96 Å². The first-order chi connectivity index (χ1) is 7.00. The molecule has 0 aromatic heterocycles. The zero-order chi connectivity index (χ0) is 11.4. The van der Waals surface area contributed by atoms with Crippen molar-refractivity contribution in [2.75, 3.05) is 0 Å². The largest absolute Gasteiger partial charge is 0.507 e. The van der Waals surface area contributed by atoms with Gasteiger partial charge in [-0.25, -0.2) is 4.39 Å². The molecule has 0 fully saturated rings. The van der Waals surface area contributed by atoms with Crippen molar-refractivity contribution >= 4 is 28.1 Å². The Morgan fingerprint density at radius 1 is 1.47 bits per heavy atom. The van der Waals surface area contributed by atoms with Gasteiger partial charge in [-0.2, -0.15) is 5.10 Å². The predicted molar refractivity (Wildman–Crippen MR) is 59.2 cm³/mol. The number of nitrogens with zero attached hydrogens (tertiary/aromatic N) is 2. The van der Waals surface area contributed by atoms with Crippen molar-refractivity contribution in [2.24, 2.45) is 21.7 Å². The highest BCUT2D eigenvalue weighted by atomic mass is 79.9. The van der Waals surface area contributed by atoms with Crippen LogP contribution in [0.1, 0.15) is 5.56 Å². The molecule has 15 heavy (non-hydrogen) atoms. The van der Waals surface area contributed by atoms with Crippen molar-refractivity contribution in [1.29, 1.82) is 0 Å². The normalized spacial score (nSPS) is 10.5. The fraction of sp³-hybridized carbons (Fsp3) is 0. The van der Waals surface area contributed by atoms with Gasteiger partial charge in [0.25, 0.3) is 0 Å². The summed E-state index contributed by atoms with van der Waals surface area (Å²) in [6, 6.07) is 2.32. The Morgan fingerprint density at radius 2 is 2.13 bits per heavy atom. The lowest BCUT2D eigenvalue weighted by atomic mass is 10.2. The summed E-state index contributed by atoms with van der Waals surface area (Å²) < 4.78 is 13.5. The summed E-state index contributed by atoms with van der Waals surface area (Å²) in [4.78, 5) is 0. The maximum absolute atomic E-state index is 13.2. The van der Waals surface area contributed by atoms with Gasteiger partial charge in [-0.05, 0) is 22.0 Å². The lowest BCUT2D eigenvalue weighted by Gasteiger charge is -1.99. The highest BCUT2D eigenvalue weighted by Crippen LogP contribution is 2.25. The molecule has 0 radical (unpaired) electrons. The molecule has 0 saturated carbocycles. The molecular formula is C8H8BrFN4O. The number of halogens is 2. The summed E-state index contributed by atoms with van der Waals surface area (Å²) in [6.45, 7) is 0. The number of phenolic OH excluding ortho intramolecular Hbond substituents is 1. The maximum atomic E-state index is 13.2. The molecule has 1 aromatic carbocycles. The van der Waals surface area contributed by atoms with E-state index < -0.39 is 5.82 Å². The second kappa shape index (κ2) is 4.74. The van der Waals surface area contributed by atoms with Gasteiger partial charge < -0.3 is 16.6 Å². The number of guanidine groups is 1. The van der Waals surface area contributed by atoms with Gasteiger partial charge in [0, 0.05) is 11.6 Å². The summed E-state index contributed by atoms with van der Waals surface area (Å²) in [5, 5.41) is 15.9. The van der Waals surface area contributed by atoms with E-state index in [4.69, 9.17) is 16.6 Å². The number of aromatic hydroxyl groups is 1. The molecule has 5 nitrogen and oxygen atoms in total. The third-order valence-electron chi connectivity index (χ3n) is 1.44. The van der Waals surface area contributed by atoms with Gasteiger partial charge in [-0.3, -0.25) is 0 Å². The zero-order valence-electron chi connectivity index (χ0n) is 7.48. The Hall–Kier alpha value is -1.63. The fourth-order valence-electron chi connectivity index (χ4n) is 0.808. The van der Waals surface area contributed by atoms with E-state index in [0.717, 1.165) is 12.3 Å². The van der Waals surface area contributed by atoms with E-state index in [2.05, 4.69) is 26.1 Å². The van der Waals surface area contributed by atoms with Crippen LogP contribution >= 0.6 is 15.9 Å². The van der Waals surface area contributed by atoms with Crippen molar-refractivity contribution in [3.8, 4) is 5.75 Å². The summed E-state index contributed by atoms with van der Waals surface area (Å²) in [6.07, 6.45) is 1.14. The van der Waals surface area contributed by atoms with Crippen LogP contribution in [0.25, 0.3) is 0 Å². The number of hydrogen-bond donors (Lipinski definition) is 3. The van der Waals surface area contributed by atoms with Gasteiger partial charge in [-0.15, -0.1) is 5.10 Å². The minimum Gasteiger partial charge on any atom is -0.507 e. The van der Waals surface area contributed by atoms with Crippen LogP contribution in [0.3, 0.4) is 0 Å². The molecule has 1 rings (SSSR count). The molecule has 0 aliphatic rings. The van der Waals surface area contributed by atoms with E-state index in [1.165, 1.54) is 6.07 Å². The van der Waals surface area contributed by atoms with Crippen LogP contribution in [-0.2, 0) is 0 Å². The monoisotopic (exact) mass is 274 g/mol. The Bertz CT molecular complexity index is 429. The van der Waals surface area contributed by atoms with E-state index >= 15 is 0 Å². The molecule has 0 aliphatic carbocycles. The average molecular weight is 275 g/mol. The SMILES string of the molecule is NC(N)=NN=Cc1cc(Br)c(O)cc1F. The van der Waals surface area contributed by atoms with Gasteiger partial charge in [0.15, 0.2) is 0 Å². The molecule has 80 valence electrons. The molecular weight excluding hydrogens is 267 g/mol. The van der Waals surface area contributed by atoms with E-state index in [-0.39, 0.29) is 17.3 Å². The van der Waals surface area contributed by atoms with Gasteiger partial charge >= 0.3 is 0 Å². The van der Waals surface area contributed by atoms with E-state index in [9.17, 15) is 4.39 Å². The first-order valence-electron chi connectivity index (χ1n) is 3.80. The Morgan fingerprint density at radius 3 is 2.73 bits per heavy atom. The molecule has 5 N–H and O–H groups in total. The highest BCUT2D eigenvalue weighted by Gasteiger charge is 2.05. The molecule has 0 atom stereocenters. The van der Waals surface area contributed by atoms with Crippen molar-refractivity contribution in [3.63, 3.8) is 0 Å². The summed E-state index contributed by atoms with van der Waals surface area (Å²) in [7, 11) is 0. The number of hydrogen-bond acceptors (Lipinski definition) is 3. The second-order valence-electron chi connectivity index (χ2n) is 2.59. The minimum atomic E-state index is -0.620. The topological polar surface area (TPSA) is 97.0 Å². The zero-order valence-corrected chi connectivity index (χ0v) is 9.07. The van der Waals surface area contributed by atoms with Crippen LogP contribution < -0.4 is 11.5 Å². The van der Waals surface area contributed by atoms with Crippen LogP contribution in [0.15, 0.2) is 26.8 Å². The molecule has 0 saturated heterocycles. The standard InChI is InChI=1S/C8H8BrFN4O/c9-5-1-4(3-13-14-8(11)12)6(10)2-7(5)15/h1-3,15H,(H4,11,12,14). The molecule has 1 aromatic rings. The Balaban J connectivity index is 3.01. The number of benzene rings is 1. The van der Waals surface area contributed by atoms with Gasteiger partial charge in [0.1, 0.15) is 11.6 Å². The van der Waals surface area contributed by atoms with Gasteiger partial charge in [0.05, 0.1) is 10.7 Å². The third kappa shape index (κ3) is 3.21. The lowest BCUT2D eigenvalue weighted by molar-refractivity contribution is 0.465.